The van der Waals surface area contributed by atoms with E-state index in [1.165, 1.54) is 17.3 Å². The van der Waals surface area contributed by atoms with Crippen LogP contribution >= 0.6 is 0 Å². The fraction of sp³-hybridized carbons (Fsp3) is 0.429. The fourth-order valence-corrected chi connectivity index (χ4v) is 3.35. The highest BCUT2D eigenvalue weighted by molar-refractivity contribution is 5.92. The van der Waals surface area contributed by atoms with E-state index in [-0.39, 0.29) is 11.8 Å². The first kappa shape index (κ1) is 19.0. The average Bonchev–Trinajstić information content (AvgIpc) is 2.70. The summed E-state index contributed by atoms with van der Waals surface area (Å²) >= 11 is 0. The summed E-state index contributed by atoms with van der Waals surface area (Å²) in [5.41, 5.74) is 3.64. The lowest BCUT2D eigenvalue weighted by molar-refractivity contribution is -0.132. The van der Waals surface area contributed by atoms with Gasteiger partial charge in [0.1, 0.15) is 5.69 Å². The van der Waals surface area contributed by atoms with Gasteiger partial charge in [-0.2, -0.15) is 0 Å². The molecule has 6 nitrogen and oxygen atoms in total. The summed E-state index contributed by atoms with van der Waals surface area (Å²) in [4.78, 5) is 37.3. The Bertz CT molecular complexity index is 804. The molecule has 0 radical (unpaired) electrons. The highest BCUT2D eigenvalue weighted by atomic mass is 16.2. The highest BCUT2D eigenvalue weighted by Gasteiger charge is 2.22. The number of amides is 2. The van der Waals surface area contributed by atoms with Crippen molar-refractivity contribution < 1.29 is 9.59 Å². The van der Waals surface area contributed by atoms with Gasteiger partial charge < -0.3 is 9.80 Å². The van der Waals surface area contributed by atoms with Gasteiger partial charge in [-0.25, -0.2) is 4.98 Å². The molecule has 6 heteroatoms. The Morgan fingerprint density at radius 1 is 1.11 bits per heavy atom. The van der Waals surface area contributed by atoms with Crippen molar-refractivity contribution in [1.29, 1.82) is 0 Å². The smallest absolute Gasteiger partial charge is 0.274 e. The molecule has 0 aliphatic carbocycles. The molecule has 2 aromatic rings. The number of benzene rings is 1. The summed E-state index contributed by atoms with van der Waals surface area (Å²) < 4.78 is 0. The first-order chi connectivity index (χ1) is 13.1. The number of rotatable bonds is 6. The second-order valence-electron chi connectivity index (χ2n) is 6.92. The first-order valence-electron chi connectivity index (χ1n) is 9.51. The molecule has 142 valence electrons. The summed E-state index contributed by atoms with van der Waals surface area (Å²) in [5, 5.41) is 0. The Morgan fingerprint density at radius 2 is 1.89 bits per heavy atom. The van der Waals surface area contributed by atoms with Crippen LogP contribution < -0.4 is 0 Å². The van der Waals surface area contributed by atoms with Crippen molar-refractivity contribution in [2.75, 3.05) is 19.6 Å². The maximum absolute atomic E-state index is 12.7. The third kappa shape index (κ3) is 4.70. The van der Waals surface area contributed by atoms with Crippen molar-refractivity contribution in [2.24, 2.45) is 0 Å². The van der Waals surface area contributed by atoms with Crippen molar-refractivity contribution >= 4 is 11.8 Å². The van der Waals surface area contributed by atoms with Gasteiger partial charge in [-0.05, 0) is 30.9 Å². The van der Waals surface area contributed by atoms with Crippen LogP contribution in [0.15, 0.2) is 36.7 Å². The Morgan fingerprint density at radius 3 is 2.59 bits per heavy atom. The largest absolute Gasteiger partial charge is 0.338 e. The normalized spacial score (nSPS) is 13.2. The van der Waals surface area contributed by atoms with Crippen molar-refractivity contribution in [3.8, 4) is 0 Å². The predicted octanol–water partition coefficient (Wildman–Crippen LogP) is 2.61. The maximum atomic E-state index is 12.7. The molecule has 0 bridgehead atoms. The predicted molar refractivity (Wildman–Crippen MR) is 103 cm³/mol. The number of nitrogens with zero attached hydrogens (tertiary/aromatic N) is 4. The summed E-state index contributed by atoms with van der Waals surface area (Å²) in [6.45, 7) is 6.25. The number of fused-ring (bicyclic) bond motifs is 1. The van der Waals surface area contributed by atoms with E-state index in [2.05, 4.69) is 22.1 Å². The number of aromatic nitrogens is 2. The molecule has 1 aliphatic heterocycles. The molecule has 3 rings (SSSR count). The standard InChI is InChI=1S/C21H26N4O2/c1-3-10-24(21(27)19-14-22-16(2)13-23-19)12-9-20(26)25-11-8-17-6-4-5-7-18(17)15-25/h4-7,13-14H,3,8-12,15H2,1-2H3. The minimum Gasteiger partial charge on any atom is -0.338 e. The van der Waals surface area contributed by atoms with Crippen LogP contribution in [0.1, 0.15) is 47.1 Å². The van der Waals surface area contributed by atoms with E-state index in [0.29, 0.717) is 31.7 Å². The van der Waals surface area contributed by atoms with Crippen LogP contribution in [0, 0.1) is 6.92 Å². The van der Waals surface area contributed by atoms with Crippen LogP contribution in [-0.4, -0.2) is 51.2 Å². The Balaban J connectivity index is 1.60. The van der Waals surface area contributed by atoms with E-state index in [1.54, 1.807) is 11.1 Å². The average molecular weight is 366 g/mol. The van der Waals surface area contributed by atoms with E-state index >= 15 is 0 Å². The second-order valence-corrected chi connectivity index (χ2v) is 6.92. The topological polar surface area (TPSA) is 66.4 Å². The van der Waals surface area contributed by atoms with Gasteiger partial charge in [-0.15, -0.1) is 0 Å². The van der Waals surface area contributed by atoms with E-state index in [9.17, 15) is 9.59 Å². The van der Waals surface area contributed by atoms with Crippen molar-refractivity contribution in [3.63, 3.8) is 0 Å². The summed E-state index contributed by atoms with van der Waals surface area (Å²) in [7, 11) is 0. The monoisotopic (exact) mass is 366 g/mol. The van der Waals surface area contributed by atoms with Gasteiger partial charge in [0, 0.05) is 38.8 Å². The molecule has 0 spiro atoms. The van der Waals surface area contributed by atoms with Crippen molar-refractivity contribution in [2.45, 2.75) is 39.7 Å². The lowest BCUT2D eigenvalue weighted by Crippen LogP contribution is -2.39. The molecule has 0 unspecified atom stereocenters. The molecule has 1 aromatic heterocycles. The summed E-state index contributed by atoms with van der Waals surface area (Å²) in [6, 6.07) is 8.26. The minimum atomic E-state index is -0.166. The molecule has 1 aliphatic rings. The van der Waals surface area contributed by atoms with Gasteiger partial charge in [0.05, 0.1) is 11.9 Å². The van der Waals surface area contributed by atoms with Crippen LogP contribution in [0.4, 0.5) is 0 Å². The van der Waals surface area contributed by atoms with Crippen LogP contribution in [0.3, 0.4) is 0 Å². The molecule has 27 heavy (non-hydrogen) atoms. The molecule has 0 atom stereocenters. The Hall–Kier alpha value is -2.76. The fourth-order valence-electron chi connectivity index (χ4n) is 3.35. The number of carbonyl (C=O) groups excluding carboxylic acids is 2. The van der Waals surface area contributed by atoms with E-state index in [0.717, 1.165) is 25.1 Å². The van der Waals surface area contributed by atoms with Crippen LogP contribution in [0.2, 0.25) is 0 Å². The summed E-state index contributed by atoms with van der Waals surface area (Å²) in [6.07, 6.45) is 5.14. The summed E-state index contributed by atoms with van der Waals surface area (Å²) in [5.74, 6) is -0.0745. The molecule has 2 amide bonds. The lowest BCUT2D eigenvalue weighted by Gasteiger charge is -2.30. The molecular formula is C21H26N4O2. The molecular weight excluding hydrogens is 340 g/mol. The van der Waals surface area contributed by atoms with Crippen molar-refractivity contribution in [1.82, 2.24) is 19.8 Å². The third-order valence-corrected chi connectivity index (χ3v) is 4.86. The molecule has 2 heterocycles. The molecule has 0 saturated heterocycles. The Labute approximate surface area is 160 Å². The van der Waals surface area contributed by atoms with Gasteiger partial charge in [0.15, 0.2) is 0 Å². The van der Waals surface area contributed by atoms with Gasteiger partial charge in [-0.3, -0.25) is 14.6 Å². The third-order valence-electron chi connectivity index (χ3n) is 4.86. The van der Waals surface area contributed by atoms with Gasteiger partial charge in [0.25, 0.3) is 5.91 Å². The maximum Gasteiger partial charge on any atom is 0.274 e. The van der Waals surface area contributed by atoms with Gasteiger partial charge in [-0.1, -0.05) is 31.2 Å². The lowest BCUT2D eigenvalue weighted by atomic mass is 10.00. The number of hydrogen-bond acceptors (Lipinski definition) is 4. The van der Waals surface area contributed by atoms with E-state index in [1.807, 2.05) is 30.9 Å². The molecule has 0 fully saturated rings. The van der Waals surface area contributed by atoms with E-state index in [4.69, 9.17) is 0 Å². The number of carbonyl (C=O) groups is 2. The Kier molecular flexibility index (Phi) is 6.16. The first-order valence-corrected chi connectivity index (χ1v) is 9.51. The zero-order valence-corrected chi connectivity index (χ0v) is 16.0. The zero-order chi connectivity index (χ0) is 19.2. The molecule has 0 saturated carbocycles. The van der Waals surface area contributed by atoms with Gasteiger partial charge in [0.2, 0.25) is 5.91 Å². The van der Waals surface area contributed by atoms with Crippen LogP contribution in [0.5, 0.6) is 0 Å². The SMILES string of the molecule is CCCN(CCC(=O)N1CCc2ccccc2C1)C(=O)c1cnc(C)cn1. The quantitative estimate of drug-likeness (QED) is 0.788. The van der Waals surface area contributed by atoms with Gasteiger partial charge >= 0.3 is 0 Å². The second kappa shape index (κ2) is 8.75. The number of aryl methyl sites for hydroxylation is 1. The van der Waals surface area contributed by atoms with E-state index < -0.39 is 0 Å². The minimum absolute atomic E-state index is 0.0911. The van der Waals surface area contributed by atoms with Crippen LogP contribution in [0.25, 0.3) is 0 Å². The zero-order valence-electron chi connectivity index (χ0n) is 16.0. The number of hydrogen-bond donors (Lipinski definition) is 0. The molecule has 1 aromatic carbocycles. The highest BCUT2D eigenvalue weighted by Crippen LogP contribution is 2.19. The van der Waals surface area contributed by atoms with Crippen LogP contribution in [-0.2, 0) is 17.8 Å². The van der Waals surface area contributed by atoms with Crippen molar-refractivity contribution in [3.05, 3.63) is 59.2 Å². The molecule has 0 N–H and O–H groups in total.